The average molecular weight is 300 g/mol. The number of nitrogen functional groups attached to an aromatic ring is 1. The van der Waals surface area contributed by atoms with Crippen molar-refractivity contribution < 1.29 is 13.2 Å². The lowest BCUT2D eigenvalue weighted by molar-refractivity contribution is -0.121. The van der Waals surface area contributed by atoms with Crippen LogP contribution >= 0.6 is 0 Å². The van der Waals surface area contributed by atoms with Crippen molar-refractivity contribution in [2.75, 3.05) is 17.6 Å². The van der Waals surface area contributed by atoms with E-state index in [1.54, 1.807) is 6.07 Å². The fourth-order valence-electron chi connectivity index (χ4n) is 1.60. The van der Waals surface area contributed by atoms with Gasteiger partial charge in [0.1, 0.15) is 0 Å². The standard InChI is InChI=1S/C12H20N4O3S/c1-8(2)16-12(17)3-4-15-10-5-9(13)6-11(7-10)20(14,18)19/h5-8,15H,3-4,13H2,1-2H3,(H,16,17)(H2,14,18,19). The number of benzene rings is 1. The van der Waals surface area contributed by atoms with Crippen LogP contribution in [0.3, 0.4) is 0 Å². The molecule has 0 aliphatic rings. The number of amides is 1. The van der Waals surface area contributed by atoms with Crippen LogP contribution in [-0.2, 0) is 14.8 Å². The minimum Gasteiger partial charge on any atom is -0.399 e. The van der Waals surface area contributed by atoms with Crippen LogP contribution in [0.25, 0.3) is 0 Å². The number of carbonyl (C=O) groups is 1. The van der Waals surface area contributed by atoms with Crippen molar-refractivity contribution in [3.8, 4) is 0 Å². The van der Waals surface area contributed by atoms with Gasteiger partial charge < -0.3 is 16.4 Å². The summed E-state index contributed by atoms with van der Waals surface area (Å²) in [5.41, 5.74) is 6.40. The highest BCUT2D eigenvalue weighted by atomic mass is 32.2. The smallest absolute Gasteiger partial charge is 0.238 e. The van der Waals surface area contributed by atoms with Crippen LogP contribution in [0.4, 0.5) is 11.4 Å². The molecule has 0 fully saturated rings. The zero-order valence-electron chi connectivity index (χ0n) is 11.5. The first-order valence-corrected chi connectivity index (χ1v) is 7.69. The molecule has 0 aliphatic heterocycles. The maximum Gasteiger partial charge on any atom is 0.238 e. The Hall–Kier alpha value is -1.80. The monoisotopic (exact) mass is 300 g/mol. The van der Waals surface area contributed by atoms with E-state index < -0.39 is 10.0 Å². The van der Waals surface area contributed by atoms with Gasteiger partial charge in [-0.05, 0) is 32.0 Å². The number of nitrogens with two attached hydrogens (primary N) is 2. The Bertz CT molecular complexity index is 584. The molecule has 1 rings (SSSR count). The maximum absolute atomic E-state index is 11.4. The van der Waals surface area contributed by atoms with Gasteiger partial charge >= 0.3 is 0 Å². The van der Waals surface area contributed by atoms with Crippen LogP contribution in [0.5, 0.6) is 0 Å². The van der Waals surface area contributed by atoms with Gasteiger partial charge in [0, 0.05) is 30.4 Å². The Balaban J connectivity index is 2.65. The van der Waals surface area contributed by atoms with Crippen molar-refractivity contribution in [3.05, 3.63) is 18.2 Å². The van der Waals surface area contributed by atoms with Gasteiger partial charge in [-0.25, -0.2) is 13.6 Å². The molecule has 1 aromatic rings. The lowest BCUT2D eigenvalue weighted by Crippen LogP contribution is -2.31. The molecule has 0 aliphatic carbocycles. The third kappa shape index (κ3) is 5.45. The van der Waals surface area contributed by atoms with Gasteiger partial charge in [-0.15, -0.1) is 0 Å². The van der Waals surface area contributed by atoms with E-state index in [-0.39, 0.29) is 29.0 Å². The van der Waals surface area contributed by atoms with Gasteiger partial charge in [-0.1, -0.05) is 0 Å². The summed E-state index contributed by atoms with van der Waals surface area (Å²) in [6, 6.07) is 4.33. The summed E-state index contributed by atoms with van der Waals surface area (Å²) in [7, 11) is -3.80. The Kier molecular flexibility index (Phi) is 5.34. The van der Waals surface area contributed by atoms with Crippen LogP contribution < -0.4 is 21.5 Å². The van der Waals surface area contributed by atoms with E-state index in [9.17, 15) is 13.2 Å². The van der Waals surface area contributed by atoms with Crippen LogP contribution in [-0.4, -0.2) is 26.9 Å². The molecule has 0 heterocycles. The van der Waals surface area contributed by atoms with Crippen molar-refractivity contribution >= 4 is 27.3 Å². The number of nitrogens with one attached hydrogen (secondary N) is 2. The molecule has 0 radical (unpaired) electrons. The van der Waals surface area contributed by atoms with E-state index in [0.717, 1.165) is 0 Å². The van der Waals surface area contributed by atoms with Gasteiger partial charge in [0.2, 0.25) is 15.9 Å². The molecule has 0 atom stereocenters. The highest BCUT2D eigenvalue weighted by Crippen LogP contribution is 2.19. The van der Waals surface area contributed by atoms with E-state index in [0.29, 0.717) is 12.2 Å². The highest BCUT2D eigenvalue weighted by molar-refractivity contribution is 7.89. The molecule has 0 saturated heterocycles. The van der Waals surface area contributed by atoms with Crippen molar-refractivity contribution in [3.63, 3.8) is 0 Å². The van der Waals surface area contributed by atoms with Crippen molar-refractivity contribution in [2.24, 2.45) is 5.14 Å². The van der Waals surface area contributed by atoms with Crippen LogP contribution in [0, 0.1) is 0 Å². The fraction of sp³-hybridized carbons (Fsp3) is 0.417. The minimum atomic E-state index is -3.80. The Morgan fingerprint density at radius 2 is 1.95 bits per heavy atom. The first-order valence-electron chi connectivity index (χ1n) is 6.15. The van der Waals surface area contributed by atoms with Gasteiger partial charge in [-0.2, -0.15) is 0 Å². The quantitative estimate of drug-likeness (QED) is 0.560. The van der Waals surface area contributed by atoms with E-state index in [1.807, 2.05) is 13.8 Å². The summed E-state index contributed by atoms with van der Waals surface area (Å²) in [5.74, 6) is -0.0805. The zero-order chi connectivity index (χ0) is 15.3. The second-order valence-corrected chi connectivity index (χ2v) is 6.30. The molecular formula is C12H20N4O3S. The number of primary sulfonamides is 1. The molecule has 0 aromatic heterocycles. The summed E-state index contributed by atoms with van der Waals surface area (Å²) in [5, 5.41) is 10.7. The van der Waals surface area contributed by atoms with E-state index in [2.05, 4.69) is 10.6 Å². The zero-order valence-corrected chi connectivity index (χ0v) is 12.3. The largest absolute Gasteiger partial charge is 0.399 e. The summed E-state index contributed by atoms with van der Waals surface area (Å²) < 4.78 is 22.5. The van der Waals surface area contributed by atoms with E-state index in [1.165, 1.54) is 12.1 Å². The molecule has 20 heavy (non-hydrogen) atoms. The molecular weight excluding hydrogens is 280 g/mol. The van der Waals surface area contributed by atoms with Crippen LogP contribution in [0.2, 0.25) is 0 Å². The highest BCUT2D eigenvalue weighted by Gasteiger charge is 2.10. The lowest BCUT2D eigenvalue weighted by atomic mass is 10.2. The first-order chi connectivity index (χ1) is 9.18. The molecule has 0 saturated carbocycles. The Morgan fingerprint density at radius 3 is 2.50 bits per heavy atom. The number of hydrogen-bond acceptors (Lipinski definition) is 5. The first kappa shape index (κ1) is 16.3. The summed E-state index contributed by atoms with van der Waals surface area (Å²) >= 11 is 0. The predicted molar refractivity (Wildman–Crippen MR) is 78.6 cm³/mol. The van der Waals surface area contributed by atoms with E-state index >= 15 is 0 Å². The average Bonchev–Trinajstić information content (AvgIpc) is 2.25. The van der Waals surface area contributed by atoms with Gasteiger partial charge in [0.15, 0.2) is 0 Å². The number of hydrogen-bond donors (Lipinski definition) is 4. The number of rotatable bonds is 6. The molecule has 0 bridgehead atoms. The second kappa shape index (κ2) is 6.58. The molecule has 1 aromatic carbocycles. The van der Waals surface area contributed by atoms with Crippen LogP contribution in [0.1, 0.15) is 20.3 Å². The van der Waals surface area contributed by atoms with Gasteiger partial charge in [-0.3, -0.25) is 4.79 Å². The molecule has 0 unspecified atom stereocenters. The van der Waals surface area contributed by atoms with Crippen LogP contribution in [0.15, 0.2) is 23.1 Å². The van der Waals surface area contributed by atoms with Crippen molar-refractivity contribution in [1.29, 1.82) is 0 Å². The number of sulfonamides is 1. The molecule has 112 valence electrons. The normalized spacial score (nSPS) is 11.4. The molecule has 8 heteroatoms. The summed E-state index contributed by atoms with van der Waals surface area (Å²) in [6.07, 6.45) is 0.275. The maximum atomic E-state index is 11.4. The van der Waals surface area contributed by atoms with Gasteiger partial charge in [0.05, 0.1) is 4.90 Å². The number of carbonyl (C=O) groups excluding carboxylic acids is 1. The molecule has 0 spiro atoms. The Morgan fingerprint density at radius 1 is 1.30 bits per heavy atom. The summed E-state index contributed by atoms with van der Waals surface area (Å²) in [4.78, 5) is 11.4. The third-order valence-corrected chi connectivity index (χ3v) is 3.28. The topological polar surface area (TPSA) is 127 Å². The summed E-state index contributed by atoms with van der Waals surface area (Å²) in [6.45, 7) is 4.12. The fourth-order valence-corrected chi connectivity index (χ4v) is 2.19. The SMILES string of the molecule is CC(C)NC(=O)CCNc1cc(N)cc(S(N)(=O)=O)c1. The molecule has 7 nitrogen and oxygen atoms in total. The van der Waals surface area contributed by atoms with E-state index in [4.69, 9.17) is 10.9 Å². The third-order valence-electron chi connectivity index (χ3n) is 2.39. The number of anilines is 2. The van der Waals surface area contributed by atoms with Crippen molar-refractivity contribution in [1.82, 2.24) is 5.32 Å². The Labute approximate surface area is 118 Å². The lowest BCUT2D eigenvalue weighted by Gasteiger charge is -2.11. The minimum absolute atomic E-state index is 0.0633. The molecule has 1 amide bonds. The second-order valence-electron chi connectivity index (χ2n) is 4.73. The molecule has 6 N–H and O–H groups in total. The van der Waals surface area contributed by atoms with Gasteiger partial charge in [0.25, 0.3) is 0 Å². The predicted octanol–water partition coefficient (Wildman–Crippen LogP) is 0.243. The van der Waals surface area contributed by atoms with Crippen molar-refractivity contribution in [2.45, 2.75) is 31.2 Å².